The molecule has 1 rings (SSSR count). The van der Waals surface area contributed by atoms with Crippen molar-refractivity contribution in [3.63, 3.8) is 0 Å². The highest BCUT2D eigenvalue weighted by molar-refractivity contribution is 7.89. The van der Waals surface area contributed by atoms with E-state index in [1.807, 2.05) is 27.7 Å². The van der Waals surface area contributed by atoms with Crippen molar-refractivity contribution in [2.75, 3.05) is 6.54 Å². The molecule has 0 spiro atoms. The van der Waals surface area contributed by atoms with E-state index < -0.39 is 10.0 Å². The number of rotatable bonds is 6. The zero-order valence-electron chi connectivity index (χ0n) is 12.5. The third-order valence-corrected chi connectivity index (χ3v) is 4.36. The number of hydrogen-bond donors (Lipinski definition) is 1. The van der Waals surface area contributed by atoms with Gasteiger partial charge < -0.3 is 9.47 Å². The molecule has 1 aromatic rings. The fourth-order valence-corrected chi connectivity index (χ4v) is 2.65. The Hall–Kier alpha value is -1.34. The Labute approximate surface area is 120 Å². The van der Waals surface area contributed by atoms with E-state index in [0.29, 0.717) is 18.8 Å². The molecule has 1 atom stereocenters. The van der Waals surface area contributed by atoms with E-state index in [-0.39, 0.29) is 16.8 Å². The van der Waals surface area contributed by atoms with Crippen LogP contribution in [0, 0.1) is 0 Å². The predicted molar refractivity (Wildman–Crippen MR) is 77.9 cm³/mol. The lowest BCUT2D eigenvalue weighted by atomic mass is 10.2. The van der Waals surface area contributed by atoms with E-state index in [1.54, 1.807) is 9.47 Å². The van der Waals surface area contributed by atoms with Crippen LogP contribution < -0.4 is 5.14 Å². The average Bonchev–Trinajstić information content (AvgIpc) is 2.83. The number of carbonyl (C=O) groups excluding carboxylic acids is 1. The molecule has 0 aliphatic rings. The Morgan fingerprint density at radius 2 is 2.00 bits per heavy atom. The van der Waals surface area contributed by atoms with Crippen molar-refractivity contribution in [1.82, 2.24) is 9.47 Å². The summed E-state index contributed by atoms with van der Waals surface area (Å²) in [6.45, 7) is 8.83. The number of aryl methyl sites for hydroxylation is 1. The lowest BCUT2D eigenvalue weighted by Crippen LogP contribution is -2.39. The first kappa shape index (κ1) is 16.7. The van der Waals surface area contributed by atoms with Gasteiger partial charge in [0.1, 0.15) is 10.6 Å². The monoisotopic (exact) mass is 301 g/mol. The topological polar surface area (TPSA) is 85.4 Å². The van der Waals surface area contributed by atoms with Gasteiger partial charge in [-0.1, -0.05) is 6.92 Å². The minimum absolute atomic E-state index is 0.0251. The number of primary sulfonamides is 1. The summed E-state index contributed by atoms with van der Waals surface area (Å²) in [5.41, 5.74) is 0.360. The quantitative estimate of drug-likeness (QED) is 0.862. The van der Waals surface area contributed by atoms with Gasteiger partial charge in [-0.25, -0.2) is 13.6 Å². The van der Waals surface area contributed by atoms with Gasteiger partial charge in [-0.2, -0.15) is 0 Å². The van der Waals surface area contributed by atoms with Crippen molar-refractivity contribution in [2.24, 2.45) is 5.14 Å². The minimum atomic E-state index is -3.80. The molecule has 114 valence electrons. The molecule has 0 radical (unpaired) electrons. The van der Waals surface area contributed by atoms with Crippen LogP contribution in [0.1, 0.15) is 44.6 Å². The zero-order valence-corrected chi connectivity index (χ0v) is 13.3. The summed E-state index contributed by atoms with van der Waals surface area (Å²) in [7, 11) is -3.80. The Bertz CT molecular complexity index is 578. The number of amides is 1. The SMILES string of the molecule is CCC(C)N(CC)C(=O)c1cc(S(N)(=O)=O)cn1CC. The van der Waals surface area contributed by atoms with Crippen molar-refractivity contribution in [3.8, 4) is 0 Å². The van der Waals surface area contributed by atoms with Gasteiger partial charge in [0.05, 0.1) is 0 Å². The van der Waals surface area contributed by atoms with E-state index in [1.165, 1.54) is 12.3 Å². The molecule has 0 fully saturated rings. The summed E-state index contributed by atoms with van der Waals surface area (Å²) < 4.78 is 24.4. The number of aromatic nitrogens is 1. The van der Waals surface area contributed by atoms with Gasteiger partial charge in [-0.3, -0.25) is 4.79 Å². The standard InChI is InChI=1S/C13H23N3O3S/c1-5-10(4)16(7-3)13(17)12-8-11(20(14,18)19)9-15(12)6-2/h8-10H,5-7H2,1-4H3,(H2,14,18,19). The maximum atomic E-state index is 12.6. The third-order valence-electron chi connectivity index (χ3n) is 3.48. The van der Waals surface area contributed by atoms with E-state index in [4.69, 9.17) is 5.14 Å². The molecule has 2 N–H and O–H groups in total. The highest BCUT2D eigenvalue weighted by Crippen LogP contribution is 2.17. The first-order valence-corrected chi connectivity index (χ1v) is 8.34. The Balaban J connectivity index is 3.24. The molecule has 1 heterocycles. The second kappa shape index (κ2) is 6.41. The second-order valence-electron chi connectivity index (χ2n) is 4.74. The summed E-state index contributed by atoms with van der Waals surface area (Å²) in [4.78, 5) is 14.3. The van der Waals surface area contributed by atoms with Crippen molar-refractivity contribution < 1.29 is 13.2 Å². The van der Waals surface area contributed by atoms with Gasteiger partial charge in [0.2, 0.25) is 10.0 Å². The van der Waals surface area contributed by atoms with Gasteiger partial charge in [0.15, 0.2) is 0 Å². The molecular formula is C13H23N3O3S. The van der Waals surface area contributed by atoms with Crippen molar-refractivity contribution in [1.29, 1.82) is 0 Å². The lowest BCUT2D eigenvalue weighted by molar-refractivity contribution is 0.0689. The Kier molecular flexibility index (Phi) is 5.35. The van der Waals surface area contributed by atoms with Crippen molar-refractivity contribution in [2.45, 2.75) is 51.6 Å². The molecular weight excluding hydrogens is 278 g/mol. The second-order valence-corrected chi connectivity index (χ2v) is 6.30. The maximum Gasteiger partial charge on any atom is 0.270 e. The number of carbonyl (C=O) groups is 1. The van der Waals surface area contributed by atoms with Crippen LogP contribution in [0.25, 0.3) is 0 Å². The first-order chi connectivity index (χ1) is 9.26. The highest BCUT2D eigenvalue weighted by atomic mass is 32.2. The molecule has 0 aromatic carbocycles. The van der Waals surface area contributed by atoms with Gasteiger partial charge in [-0.05, 0) is 33.3 Å². The molecule has 1 amide bonds. The largest absolute Gasteiger partial charge is 0.342 e. The third kappa shape index (κ3) is 3.40. The summed E-state index contributed by atoms with van der Waals surface area (Å²) in [5, 5.41) is 5.12. The van der Waals surface area contributed by atoms with Crippen LogP contribution in [-0.2, 0) is 16.6 Å². The fourth-order valence-electron chi connectivity index (χ4n) is 2.10. The molecule has 0 bridgehead atoms. The van der Waals surface area contributed by atoms with E-state index in [2.05, 4.69) is 0 Å². The van der Waals surface area contributed by atoms with E-state index in [9.17, 15) is 13.2 Å². The van der Waals surface area contributed by atoms with Crippen LogP contribution in [0.15, 0.2) is 17.2 Å². The summed E-state index contributed by atoms with van der Waals surface area (Å²) in [5.74, 6) is -0.168. The number of nitrogens with zero attached hydrogens (tertiary/aromatic N) is 2. The molecule has 20 heavy (non-hydrogen) atoms. The summed E-state index contributed by atoms with van der Waals surface area (Å²) in [6.07, 6.45) is 2.25. The molecule has 6 nitrogen and oxygen atoms in total. The molecule has 0 saturated heterocycles. The number of nitrogens with two attached hydrogens (primary N) is 1. The Morgan fingerprint density at radius 3 is 2.40 bits per heavy atom. The van der Waals surface area contributed by atoms with E-state index >= 15 is 0 Å². The summed E-state index contributed by atoms with van der Waals surface area (Å²) >= 11 is 0. The fraction of sp³-hybridized carbons (Fsp3) is 0.615. The molecule has 0 saturated carbocycles. The Morgan fingerprint density at radius 1 is 1.40 bits per heavy atom. The lowest BCUT2D eigenvalue weighted by Gasteiger charge is -2.27. The van der Waals surface area contributed by atoms with Crippen LogP contribution in [0.5, 0.6) is 0 Å². The number of hydrogen-bond acceptors (Lipinski definition) is 3. The smallest absolute Gasteiger partial charge is 0.270 e. The molecule has 0 aliphatic carbocycles. The average molecular weight is 301 g/mol. The molecule has 7 heteroatoms. The van der Waals surface area contributed by atoms with Gasteiger partial charge in [0, 0.05) is 25.3 Å². The van der Waals surface area contributed by atoms with Crippen LogP contribution in [0.2, 0.25) is 0 Å². The van der Waals surface area contributed by atoms with Crippen molar-refractivity contribution in [3.05, 3.63) is 18.0 Å². The summed E-state index contributed by atoms with van der Waals surface area (Å²) in [6, 6.07) is 1.46. The number of sulfonamides is 1. The highest BCUT2D eigenvalue weighted by Gasteiger charge is 2.24. The normalized spacial score (nSPS) is 13.2. The van der Waals surface area contributed by atoms with Crippen LogP contribution in [-0.4, -0.2) is 36.4 Å². The predicted octanol–water partition coefficient (Wildman–Crippen LogP) is 1.42. The van der Waals surface area contributed by atoms with Crippen molar-refractivity contribution >= 4 is 15.9 Å². The molecule has 1 unspecified atom stereocenters. The zero-order chi connectivity index (χ0) is 15.5. The molecule has 0 aliphatic heterocycles. The van der Waals surface area contributed by atoms with Crippen LogP contribution in [0.3, 0.4) is 0 Å². The van der Waals surface area contributed by atoms with Gasteiger partial charge in [0.25, 0.3) is 5.91 Å². The van der Waals surface area contributed by atoms with Gasteiger partial charge >= 0.3 is 0 Å². The van der Waals surface area contributed by atoms with Crippen LogP contribution >= 0.6 is 0 Å². The van der Waals surface area contributed by atoms with E-state index in [0.717, 1.165) is 6.42 Å². The maximum absolute atomic E-state index is 12.6. The van der Waals surface area contributed by atoms with Crippen LogP contribution in [0.4, 0.5) is 0 Å². The van der Waals surface area contributed by atoms with Gasteiger partial charge in [-0.15, -0.1) is 0 Å². The minimum Gasteiger partial charge on any atom is -0.342 e. The molecule has 1 aromatic heterocycles. The first-order valence-electron chi connectivity index (χ1n) is 6.80.